The van der Waals surface area contributed by atoms with Crippen molar-refractivity contribution in [1.29, 1.82) is 0 Å². The SMILES string of the molecule is C=C1C[C@H](CC[C@]23C[C@@H](O)C(O2)[C@@H]2O[C@H]4CC[C@H](CC(=O)O[C@H]5CO[C@H]6C[C@H]7O[C@@H](O[C@H]8CC[C@@]9(C[C@H](C)[C@@H]%10C[C@H](CC(=O)O)CC[C@@H]%10O9)O[C@H]8C)CC7OC6C5)O[C@@H]4[C@H](O3)C2I)O[C@H]1CC[C@H]1C[C@@H](C)C(=C)[C@@H](CC)O1. The summed E-state index contributed by atoms with van der Waals surface area (Å²) in [5.41, 5.74) is 2.33. The van der Waals surface area contributed by atoms with Gasteiger partial charge in [0.15, 0.2) is 17.9 Å². The highest BCUT2D eigenvalue weighted by atomic mass is 127. The van der Waals surface area contributed by atoms with E-state index in [1.54, 1.807) is 0 Å². The Balaban J connectivity index is 0.589. The van der Waals surface area contributed by atoms with Crippen LogP contribution in [0.3, 0.4) is 0 Å². The topological polar surface area (TPSA) is 195 Å². The molecule has 17 nitrogen and oxygen atoms in total. The number of halogens is 1. The zero-order chi connectivity index (χ0) is 53.5. The lowest BCUT2D eigenvalue weighted by molar-refractivity contribution is -0.356. The van der Waals surface area contributed by atoms with Gasteiger partial charge in [0, 0.05) is 51.4 Å². The van der Waals surface area contributed by atoms with Gasteiger partial charge in [-0.3, -0.25) is 9.59 Å². The van der Waals surface area contributed by atoms with E-state index >= 15 is 0 Å². The number of alkyl halides is 1. The predicted molar refractivity (Wildman–Crippen MR) is 285 cm³/mol. The van der Waals surface area contributed by atoms with E-state index in [9.17, 15) is 19.8 Å². The molecule has 77 heavy (non-hydrogen) atoms. The summed E-state index contributed by atoms with van der Waals surface area (Å²) in [6, 6.07) is 0. The summed E-state index contributed by atoms with van der Waals surface area (Å²) in [5, 5.41) is 20.8. The van der Waals surface area contributed by atoms with Crippen molar-refractivity contribution in [1.82, 2.24) is 0 Å². The van der Waals surface area contributed by atoms with Crippen molar-refractivity contribution in [3.8, 4) is 0 Å². The van der Waals surface area contributed by atoms with Crippen molar-refractivity contribution < 1.29 is 81.4 Å². The largest absolute Gasteiger partial charge is 0.481 e. The van der Waals surface area contributed by atoms with Crippen molar-refractivity contribution in [3.05, 3.63) is 24.3 Å². The van der Waals surface area contributed by atoms with Gasteiger partial charge in [-0.2, -0.15) is 0 Å². The molecule has 1 spiro atoms. The number of carbonyl (C=O) groups is 2. The number of aliphatic hydroxyl groups excluding tert-OH is 1. The molecule has 0 aromatic carbocycles. The lowest BCUT2D eigenvalue weighted by atomic mass is 9.69. The molecule has 0 aromatic heterocycles. The highest BCUT2D eigenvalue weighted by molar-refractivity contribution is 14.1. The second-order valence-electron chi connectivity index (χ2n) is 25.8. The predicted octanol–water partition coefficient (Wildman–Crippen LogP) is 8.34. The van der Waals surface area contributed by atoms with E-state index in [2.05, 4.69) is 63.4 Å². The van der Waals surface area contributed by atoms with Crippen molar-refractivity contribution in [2.24, 2.45) is 23.7 Å². The fourth-order valence-electron chi connectivity index (χ4n) is 16.2. The Bertz CT molecular complexity index is 2150. The maximum absolute atomic E-state index is 13.7. The number of rotatable bonds is 14. The maximum atomic E-state index is 13.7. The van der Waals surface area contributed by atoms with E-state index in [0.29, 0.717) is 69.1 Å². The first-order valence-corrected chi connectivity index (χ1v) is 31.2. The number of ether oxygens (including phenoxy) is 13. The molecular weight excluding hydrogens is 1110 g/mol. The molecule has 0 aromatic rings. The van der Waals surface area contributed by atoms with Gasteiger partial charge in [-0.25, -0.2) is 0 Å². The first kappa shape index (κ1) is 56.1. The molecule has 2 N–H and O–H groups in total. The summed E-state index contributed by atoms with van der Waals surface area (Å²) in [4.78, 5) is 25.1. The van der Waals surface area contributed by atoms with Crippen LogP contribution < -0.4 is 0 Å². The van der Waals surface area contributed by atoms with E-state index in [1.165, 1.54) is 5.57 Å². The van der Waals surface area contributed by atoms with Crippen LogP contribution in [0.15, 0.2) is 24.3 Å². The lowest BCUT2D eigenvalue weighted by Crippen LogP contribution is -2.63. The van der Waals surface area contributed by atoms with Gasteiger partial charge in [0.05, 0.1) is 102 Å². The zero-order valence-electron chi connectivity index (χ0n) is 45.8. The fraction of sp³-hybridized carbons (Fsp3) is 0.898. The van der Waals surface area contributed by atoms with E-state index in [1.807, 2.05) is 0 Å². The van der Waals surface area contributed by atoms with E-state index in [0.717, 1.165) is 76.2 Å². The molecule has 0 radical (unpaired) electrons. The molecular formula is C59H87IO17. The minimum atomic E-state index is -1.01. The summed E-state index contributed by atoms with van der Waals surface area (Å²) in [5.74, 6) is -1.27. The number of aliphatic hydroxyl groups is 1. The number of esters is 1. The molecule has 1 aliphatic carbocycles. The van der Waals surface area contributed by atoms with Crippen LogP contribution in [0.1, 0.15) is 163 Å². The number of fused-ring (bicyclic) bond motifs is 10. The Morgan fingerprint density at radius 1 is 0.714 bits per heavy atom. The van der Waals surface area contributed by atoms with Crippen molar-refractivity contribution in [2.75, 3.05) is 6.61 Å². The summed E-state index contributed by atoms with van der Waals surface area (Å²) < 4.78 is 85.9. The van der Waals surface area contributed by atoms with Gasteiger partial charge >= 0.3 is 11.9 Å². The highest BCUT2D eigenvalue weighted by Gasteiger charge is 2.63. The maximum Gasteiger partial charge on any atom is 0.308 e. The molecule has 11 saturated heterocycles. The fourth-order valence-corrected chi connectivity index (χ4v) is 17.4. The molecule has 0 amide bonds. The van der Waals surface area contributed by atoms with Gasteiger partial charge < -0.3 is 71.8 Å². The smallest absolute Gasteiger partial charge is 0.308 e. The first-order chi connectivity index (χ1) is 37.0. The van der Waals surface area contributed by atoms with Crippen molar-refractivity contribution in [3.63, 3.8) is 0 Å². The molecule has 18 heteroatoms. The molecule has 11 aliphatic heterocycles. The van der Waals surface area contributed by atoms with E-state index in [4.69, 9.17) is 61.6 Å². The van der Waals surface area contributed by atoms with Gasteiger partial charge in [-0.1, -0.05) is 56.5 Å². The molecule has 432 valence electrons. The Morgan fingerprint density at radius 3 is 2.32 bits per heavy atom. The van der Waals surface area contributed by atoms with E-state index < -0.39 is 48.2 Å². The number of hydrogen-bond acceptors (Lipinski definition) is 16. The monoisotopic (exact) mass is 1190 g/mol. The van der Waals surface area contributed by atoms with Gasteiger partial charge in [-0.15, -0.1) is 0 Å². The van der Waals surface area contributed by atoms with Crippen LogP contribution in [0.4, 0.5) is 0 Å². The molecule has 1 saturated carbocycles. The Labute approximate surface area is 468 Å². The van der Waals surface area contributed by atoms with Gasteiger partial charge in [-0.05, 0) is 119 Å². The van der Waals surface area contributed by atoms with Gasteiger partial charge in [0.1, 0.15) is 30.5 Å². The molecule has 4 bridgehead atoms. The van der Waals surface area contributed by atoms with Crippen LogP contribution >= 0.6 is 22.6 Å². The Kier molecular flexibility index (Phi) is 16.8. The summed E-state index contributed by atoms with van der Waals surface area (Å²) in [7, 11) is 0. The molecule has 11 heterocycles. The standard InChI is InChI=1S/C59H87IO17/c1-7-41-32(5)29(2)18-35(66-41)9-12-42-30(3)19-37(67-42)14-16-59-27-40(61)54(76-59)56-53(60)57(77-59)55-45(73-56)13-10-36(69-55)23-51(64)68-38-22-47-46(65-28-38)24-48-49(70-47)25-52(72-48)71-43-15-17-58(74-33(43)6)26-31(4)39-20-34(21-50(62)63)8-11-44(39)75-58/h29,31,33-49,52-57,61H,3,5,7-28H2,1-2,4,6H3,(H,62,63)/t29-,31+,33+,34-,35+,36-,37+,38-,39+,40-,41-,42+,43+,44+,45+,46+,47?,48-,49?,52-,53?,54?,55+,56-,57-,58-,59+/m1/s1. The quantitative estimate of drug-likeness (QED) is 0.0729. The van der Waals surface area contributed by atoms with Crippen LogP contribution in [0, 0.1) is 23.7 Å². The summed E-state index contributed by atoms with van der Waals surface area (Å²) >= 11 is 2.39. The van der Waals surface area contributed by atoms with Crippen LogP contribution in [0.5, 0.6) is 0 Å². The third-order valence-corrected chi connectivity index (χ3v) is 21.7. The normalized spacial score (nSPS) is 51.3. The molecule has 27 atom stereocenters. The highest BCUT2D eigenvalue weighted by Crippen LogP contribution is 2.53. The number of hydrogen-bond donors (Lipinski definition) is 2. The molecule has 12 fully saturated rings. The second kappa shape index (κ2) is 23.0. The third-order valence-electron chi connectivity index (χ3n) is 20.3. The second-order valence-corrected chi connectivity index (χ2v) is 27.2. The average Bonchev–Trinajstić information content (AvgIpc) is 4.18. The molecule has 12 rings (SSSR count). The Hall–Kier alpha value is -1.37. The number of aliphatic carboxylic acids is 1. The third kappa shape index (κ3) is 11.8. The molecule has 12 aliphatic rings. The van der Waals surface area contributed by atoms with Crippen molar-refractivity contribution >= 4 is 34.5 Å². The van der Waals surface area contributed by atoms with Crippen LogP contribution in [0.25, 0.3) is 0 Å². The van der Waals surface area contributed by atoms with Crippen LogP contribution in [0.2, 0.25) is 0 Å². The lowest BCUT2D eigenvalue weighted by Gasteiger charge is -2.54. The van der Waals surface area contributed by atoms with Gasteiger partial charge in [0.2, 0.25) is 0 Å². The average molecular weight is 1200 g/mol. The first-order valence-electron chi connectivity index (χ1n) is 30.0. The van der Waals surface area contributed by atoms with Crippen molar-refractivity contribution in [2.45, 2.75) is 300 Å². The number of carbonyl (C=O) groups excluding carboxylic acids is 1. The Morgan fingerprint density at radius 2 is 1.51 bits per heavy atom. The molecule has 4 unspecified atom stereocenters. The number of carboxylic acids is 1. The summed E-state index contributed by atoms with van der Waals surface area (Å²) in [6.07, 6.45) is 10.1. The minimum Gasteiger partial charge on any atom is -0.481 e. The van der Waals surface area contributed by atoms with Crippen LogP contribution in [-0.4, -0.2) is 167 Å². The zero-order valence-corrected chi connectivity index (χ0v) is 48.0. The minimum absolute atomic E-state index is 0.0149. The van der Waals surface area contributed by atoms with Crippen LogP contribution in [-0.2, 0) is 71.2 Å². The van der Waals surface area contributed by atoms with Gasteiger partial charge in [0.25, 0.3) is 0 Å². The van der Waals surface area contributed by atoms with E-state index in [-0.39, 0.29) is 127 Å². The number of carboxylic acid groups (broad SMARTS) is 1. The summed E-state index contributed by atoms with van der Waals surface area (Å²) in [6.45, 7) is 17.7.